The van der Waals surface area contributed by atoms with Crippen LogP contribution in [-0.2, 0) is 10.0 Å². The normalized spacial score (nSPS) is 11.2. The number of anilines is 4. The Morgan fingerprint density at radius 3 is 2.28 bits per heavy atom. The summed E-state index contributed by atoms with van der Waals surface area (Å²) < 4.78 is 27.7. The van der Waals surface area contributed by atoms with Crippen LogP contribution in [0.3, 0.4) is 0 Å². The number of aromatic nitrogens is 2. The van der Waals surface area contributed by atoms with Crippen LogP contribution in [0.25, 0.3) is 0 Å². The van der Waals surface area contributed by atoms with E-state index < -0.39 is 10.0 Å². The van der Waals surface area contributed by atoms with Crippen LogP contribution in [0.15, 0.2) is 53.4 Å². The second-order valence-corrected chi connectivity index (χ2v) is 8.59. The van der Waals surface area contributed by atoms with Gasteiger partial charge < -0.3 is 10.6 Å². The van der Waals surface area contributed by atoms with Crippen molar-refractivity contribution in [1.29, 1.82) is 0 Å². The first-order chi connectivity index (χ1) is 13.8. The van der Waals surface area contributed by atoms with Crippen LogP contribution < -0.4 is 15.4 Å². The summed E-state index contributed by atoms with van der Waals surface area (Å²) in [5, 5.41) is 6.70. The molecule has 0 aliphatic carbocycles. The molecule has 2 aromatic carbocycles. The molecule has 0 aliphatic heterocycles. The highest BCUT2D eigenvalue weighted by molar-refractivity contribution is 7.92. The molecule has 10 heteroatoms. The molecule has 3 rings (SSSR count). The third kappa shape index (κ3) is 5.50. The molecule has 1 heterocycles. The van der Waals surface area contributed by atoms with Crippen molar-refractivity contribution in [3.63, 3.8) is 0 Å². The molecule has 0 amide bonds. The lowest BCUT2D eigenvalue weighted by Gasteiger charge is -2.12. The molecule has 152 valence electrons. The molecule has 3 N–H and O–H groups in total. The Morgan fingerprint density at radius 1 is 0.931 bits per heavy atom. The number of benzene rings is 2. The highest BCUT2D eigenvalue weighted by Gasteiger charge is 2.18. The summed E-state index contributed by atoms with van der Waals surface area (Å²) >= 11 is 11.9. The molecule has 7 nitrogen and oxygen atoms in total. The Hall–Kier alpha value is -2.55. The van der Waals surface area contributed by atoms with Crippen LogP contribution in [0.5, 0.6) is 0 Å². The van der Waals surface area contributed by atoms with Gasteiger partial charge in [-0.3, -0.25) is 4.72 Å². The lowest BCUT2D eigenvalue weighted by Crippen LogP contribution is -2.13. The van der Waals surface area contributed by atoms with Gasteiger partial charge in [0, 0.05) is 29.0 Å². The van der Waals surface area contributed by atoms with Crippen LogP contribution in [0.4, 0.5) is 23.0 Å². The summed E-state index contributed by atoms with van der Waals surface area (Å²) in [6.45, 7) is 4.55. The number of nitrogens with zero attached hydrogens (tertiary/aromatic N) is 2. The maximum atomic E-state index is 12.6. The zero-order valence-corrected chi connectivity index (χ0v) is 18.0. The first-order valence-corrected chi connectivity index (χ1v) is 11.0. The molecule has 0 bridgehead atoms. The van der Waals surface area contributed by atoms with Crippen molar-refractivity contribution in [3.8, 4) is 0 Å². The number of halogens is 2. The fourth-order valence-corrected chi connectivity index (χ4v) is 4.39. The molecule has 0 fully saturated rings. The zero-order chi connectivity index (χ0) is 21.0. The summed E-state index contributed by atoms with van der Waals surface area (Å²) in [6, 6.07) is 12.8. The van der Waals surface area contributed by atoms with Gasteiger partial charge in [0.25, 0.3) is 10.0 Å². The molecule has 29 heavy (non-hydrogen) atoms. The first-order valence-electron chi connectivity index (χ1n) is 8.71. The van der Waals surface area contributed by atoms with Gasteiger partial charge >= 0.3 is 0 Å². The van der Waals surface area contributed by atoms with Crippen LogP contribution in [0, 0.1) is 6.92 Å². The minimum atomic E-state index is -3.87. The van der Waals surface area contributed by atoms with E-state index in [0.29, 0.717) is 17.3 Å². The molecule has 0 unspecified atom stereocenters. The van der Waals surface area contributed by atoms with E-state index in [2.05, 4.69) is 25.3 Å². The average molecular weight is 452 g/mol. The second-order valence-electron chi connectivity index (χ2n) is 6.10. The molecular weight excluding hydrogens is 433 g/mol. The van der Waals surface area contributed by atoms with Crippen molar-refractivity contribution in [2.24, 2.45) is 0 Å². The number of hydrogen-bond acceptors (Lipinski definition) is 6. The smallest absolute Gasteiger partial charge is 0.263 e. The van der Waals surface area contributed by atoms with Gasteiger partial charge in [0.05, 0.1) is 5.02 Å². The van der Waals surface area contributed by atoms with E-state index in [4.69, 9.17) is 23.2 Å². The SMILES string of the molecule is CCNc1cc(Nc2ccc(NS(=O)(=O)c3cc(Cl)ccc3Cl)cc2)nc(C)n1. The molecule has 0 saturated carbocycles. The van der Waals surface area contributed by atoms with E-state index in [9.17, 15) is 8.42 Å². The van der Waals surface area contributed by atoms with Crippen molar-refractivity contribution >= 4 is 56.2 Å². The summed E-state index contributed by atoms with van der Waals surface area (Å²) in [5.74, 6) is 1.99. The van der Waals surface area contributed by atoms with Crippen molar-refractivity contribution in [2.75, 3.05) is 21.9 Å². The highest BCUT2D eigenvalue weighted by atomic mass is 35.5. The minimum Gasteiger partial charge on any atom is -0.370 e. The van der Waals surface area contributed by atoms with Crippen LogP contribution in [0.2, 0.25) is 10.0 Å². The van der Waals surface area contributed by atoms with Gasteiger partial charge in [-0.05, 0) is 56.3 Å². The Bertz CT molecular complexity index is 1120. The van der Waals surface area contributed by atoms with Crippen molar-refractivity contribution in [3.05, 3.63) is 64.4 Å². The number of rotatable bonds is 7. The first kappa shape index (κ1) is 21.2. The number of hydrogen-bond donors (Lipinski definition) is 3. The standard InChI is InChI=1S/C19H19Cl2N5O2S/c1-3-22-18-11-19(24-12(2)23-18)25-14-5-7-15(8-6-14)26-29(27,28)17-10-13(20)4-9-16(17)21/h4-11,26H,3H2,1-2H3,(H2,22,23,24,25). The molecule has 0 saturated heterocycles. The van der Waals surface area contributed by atoms with Crippen molar-refractivity contribution in [2.45, 2.75) is 18.7 Å². The number of nitrogens with one attached hydrogen (secondary N) is 3. The maximum absolute atomic E-state index is 12.6. The Kier molecular flexibility index (Phi) is 6.46. The van der Waals surface area contributed by atoms with Gasteiger partial charge in [0.15, 0.2) is 0 Å². The van der Waals surface area contributed by atoms with E-state index in [0.717, 1.165) is 18.1 Å². The predicted molar refractivity (Wildman–Crippen MR) is 118 cm³/mol. The van der Waals surface area contributed by atoms with Crippen molar-refractivity contribution < 1.29 is 8.42 Å². The Balaban J connectivity index is 1.76. The molecule has 3 aromatic rings. The van der Waals surface area contributed by atoms with Gasteiger partial charge in [-0.2, -0.15) is 0 Å². The lowest BCUT2D eigenvalue weighted by molar-refractivity contribution is 0.601. The Labute approximate surface area is 179 Å². The van der Waals surface area contributed by atoms with Gasteiger partial charge in [0.2, 0.25) is 0 Å². The van der Waals surface area contributed by atoms with E-state index in [-0.39, 0.29) is 14.9 Å². The van der Waals surface area contributed by atoms with Crippen LogP contribution >= 0.6 is 23.2 Å². The average Bonchev–Trinajstić information content (AvgIpc) is 2.65. The monoisotopic (exact) mass is 451 g/mol. The van der Waals surface area contributed by atoms with Gasteiger partial charge in [-0.1, -0.05) is 23.2 Å². The van der Waals surface area contributed by atoms with E-state index in [1.807, 2.05) is 13.8 Å². The lowest BCUT2D eigenvalue weighted by atomic mass is 10.3. The van der Waals surface area contributed by atoms with E-state index >= 15 is 0 Å². The quantitative estimate of drug-likeness (QED) is 0.463. The third-order valence-electron chi connectivity index (χ3n) is 3.79. The highest BCUT2D eigenvalue weighted by Crippen LogP contribution is 2.27. The molecule has 0 spiro atoms. The fourth-order valence-electron chi connectivity index (χ4n) is 2.57. The van der Waals surface area contributed by atoms with Crippen LogP contribution in [0.1, 0.15) is 12.7 Å². The molecule has 1 aromatic heterocycles. The molecular formula is C19H19Cl2N5O2S. The largest absolute Gasteiger partial charge is 0.370 e. The number of aryl methyl sites for hydroxylation is 1. The van der Waals surface area contributed by atoms with E-state index in [1.165, 1.54) is 18.2 Å². The summed E-state index contributed by atoms with van der Waals surface area (Å²) in [7, 11) is -3.87. The molecule has 0 aliphatic rings. The number of sulfonamides is 1. The minimum absolute atomic E-state index is 0.0821. The maximum Gasteiger partial charge on any atom is 0.263 e. The fraction of sp³-hybridized carbons (Fsp3) is 0.158. The van der Waals surface area contributed by atoms with Gasteiger partial charge in [0.1, 0.15) is 22.4 Å². The van der Waals surface area contributed by atoms with Gasteiger partial charge in [-0.25, -0.2) is 18.4 Å². The third-order valence-corrected chi connectivity index (χ3v) is 5.89. The van der Waals surface area contributed by atoms with Crippen LogP contribution in [-0.4, -0.2) is 24.9 Å². The Morgan fingerprint density at radius 2 is 1.59 bits per heavy atom. The topological polar surface area (TPSA) is 96.0 Å². The zero-order valence-electron chi connectivity index (χ0n) is 15.7. The molecule has 0 atom stereocenters. The summed E-state index contributed by atoms with van der Waals surface area (Å²) in [4.78, 5) is 8.57. The molecule has 0 radical (unpaired) electrons. The van der Waals surface area contributed by atoms with Crippen molar-refractivity contribution in [1.82, 2.24) is 9.97 Å². The van der Waals surface area contributed by atoms with Gasteiger partial charge in [-0.15, -0.1) is 0 Å². The van der Waals surface area contributed by atoms with E-state index in [1.54, 1.807) is 30.3 Å². The second kappa shape index (κ2) is 8.86. The summed E-state index contributed by atoms with van der Waals surface area (Å²) in [5.41, 5.74) is 1.13. The predicted octanol–water partition coefficient (Wildman–Crippen LogP) is 5.07. The summed E-state index contributed by atoms with van der Waals surface area (Å²) in [6.07, 6.45) is 0.